The summed E-state index contributed by atoms with van der Waals surface area (Å²) < 4.78 is 43.2. The van der Waals surface area contributed by atoms with Gasteiger partial charge in [-0.15, -0.1) is 13.2 Å². The molecule has 0 bridgehead atoms. The molecule has 0 amide bonds. The fraction of sp³-hybridized carbons (Fsp3) is 0.0625. The average Bonchev–Trinajstić information content (AvgIpc) is 2.99. The van der Waals surface area contributed by atoms with Crippen LogP contribution < -0.4 is 4.74 Å². The van der Waals surface area contributed by atoms with Gasteiger partial charge < -0.3 is 9.84 Å². The lowest BCUT2D eigenvalue weighted by Gasteiger charge is -2.12. The van der Waals surface area contributed by atoms with E-state index in [1.54, 1.807) is 12.1 Å². The molecule has 6 nitrogen and oxygen atoms in total. The Kier molecular flexibility index (Phi) is 4.68. The number of ether oxygens (including phenoxy) is 1. The van der Waals surface area contributed by atoms with Gasteiger partial charge in [0.15, 0.2) is 5.69 Å². The molecule has 134 valence electrons. The zero-order valence-corrected chi connectivity index (χ0v) is 14.3. The normalized spacial score (nSPS) is 11.4. The molecule has 3 aromatic rings. The Bertz CT molecular complexity index is 958. The number of benzene rings is 1. The highest BCUT2D eigenvalue weighted by Gasteiger charge is 2.31. The highest BCUT2D eigenvalue weighted by atomic mass is 79.9. The first-order valence-electron chi connectivity index (χ1n) is 7.03. The van der Waals surface area contributed by atoms with Gasteiger partial charge in [-0.05, 0) is 36.4 Å². The summed E-state index contributed by atoms with van der Waals surface area (Å²) in [5, 5.41) is 13.2. The Morgan fingerprint density at radius 3 is 2.46 bits per heavy atom. The lowest BCUT2D eigenvalue weighted by molar-refractivity contribution is -0.274. The van der Waals surface area contributed by atoms with E-state index >= 15 is 0 Å². The number of halogens is 4. The molecule has 1 aromatic carbocycles. The molecular weight excluding hydrogens is 419 g/mol. The van der Waals surface area contributed by atoms with Crippen molar-refractivity contribution in [1.82, 2.24) is 14.8 Å². The molecule has 2 heterocycles. The Hall–Kier alpha value is -2.88. The minimum absolute atomic E-state index is 0.255. The molecule has 0 radical (unpaired) electrons. The summed E-state index contributed by atoms with van der Waals surface area (Å²) in [5.41, 5.74) is 0.813. The number of hydrogen-bond donors (Lipinski definition) is 1. The molecule has 0 saturated carbocycles. The van der Waals surface area contributed by atoms with Gasteiger partial charge in [0, 0.05) is 22.4 Å². The zero-order chi connectivity index (χ0) is 18.9. The van der Waals surface area contributed by atoms with Crippen molar-refractivity contribution in [2.24, 2.45) is 0 Å². The first kappa shape index (κ1) is 17.9. The van der Waals surface area contributed by atoms with Crippen LogP contribution in [-0.2, 0) is 0 Å². The van der Waals surface area contributed by atoms with E-state index in [0.29, 0.717) is 10.2 Å². The van der Waals surface area contributed by atoms with E-state index < -0.39 is 18.1 Å². The number of nitrogens with zero attached hydrogens (tertiary/aromatic N) is 3. The second kappa shape index (κ2) is 6.79. The van der Waals surface area contributed by atoms with Crippen LogP contribution in [0, 0.1) is 0 Å². The minimum Gasteiger partial charge on any atom is -0.476 e. The van der Waals surface area contributed by atoms with E-state index in [-0.39, 0.29) is 17.0 Å². The molecule has 0 aliphatic heterocycles. The summed E-state index contributed by atoms with van der Waals surface area (Å²) in [5.74, 6) is -1.71. The molecule has 0 atom stereocenters. The Morgan fingerprint density at radius 1 is 1.15 bits per heavy atom. The van der Waals surface area contributed by atoms with Gasteiger partial charge in [-0.2, -0.15) is 5.10 Å². The van der Waals surface area contributed by atoms with Crippen molar-refractivity contribution in [3.05, 3.63) is 59.0 Å². The smallest absolute Gasteiger partial charge is 0.476 e. The van der Waals surface area contributed by atoms with Crippen LogP contribution in [0.2, 0.25) is 0 Å². The molecule has 10 heteroatoms. The summed E-state index contributed by atoms with van der Waals surface area (Å²) in [6, 6.07) is 8.28. The van der Waals surface area contributed by atoms with Gasteiger partial charge in [0.05, 0.1) is 11.4 Å². The maximum atomic E-state index is 12.5. The second-order valence-corrected chi connectivity index (χ2v) is 5.98. The molecule has 0 unspecified atom stereocenters. The molecule has 3 rings (SSSR count). The topological polar surface area (TPSA) is 77.2 Å². The summed E-state index contributed by atoms with van der Waals surface area (Å²) in [7, 11) is 0. The number of aromatic nitrogens is 3. The first-order chi connectivity index (χ1) is 12.2. The van der Waals surface area contributed by atoms with Crippen molar-refractivity contribution < 1.29 is 27.8 Å². The van der Waals surface area contributed by atoms with E-state index in [1.807, 2.05) is 0 Å². The van der Waals surface area contributed by atoms with Crippen LogP contribution in [0.1, 0.15) is 10.5 Å². The fourth-order valence-corrected chi connectivity index (χ4v) is 2.75. The Labute approximate surface area is 153 Å². The van der Waals surface area contributed by atoms with E-state index in [2.05, 4.69) is 30.7 Å². The van der Waals surface area contributed by atoms with Crippen LogP contribution in [0.15, 0.2) is 53.3 Å². The molecule has 2 aromatic heterocycles. The standard InChI is InChI=1S/C16H9BrF3N3O3/c17-10-5-9(6-12(7-10)26-16(18,19)20)14-8-13(15(24)25)22-23(14)11-1-3-21-4-2-11/h1-8H,(H,24,25). The van der Waals surface area contributed by atoms with Gasteiger partial charge in [-0.3, -0.25) is 4.98 Å². The number of carboxylic acids is 1. The lowest BCUT2D eigenvalue weighted by Crippen LogP contribution is -2.17. The third-order valence-electron chi connectivity index (χ3n) is 3.24. The van der Waals surface area contributed by atoms with Crippen molar-refractivity contribution in [1.29, 1.82) is 0 Å². The third-order valence-corrected chi connectivity index (χ3v) is 3.69. The number of alkyl halides is 3. The molecule has 26 heavy (non-hydrogen) atoms. The van der Waals surface area contributed by atoms with Gasteiger partial charge in [-0.1, -0.05) is 15.9 Å². The largest absolute Gasteiger partial charge is 0.573 e. The van der Waals surface area contributed by atoms with E-state index in [0.717, 1.165) is 12.1 Å². The minimum atomic E-state index is -4.85. The van der Waals surface area contributed by atoms with E-state index in [4.69, 9.17) is 0 Å². The van der Waals surface area contributed by atoms with E-state index in [1.165, 1.54) is 29.2 Å². The lowest BCUT2D eigenvalue weighted by atomic mass is 10.1. The predicted octanol–water partition coefficient (Wildman–Crippen LogP) is 4.29. The fourth-order valence-electron chi connectivity index (χ4n) is 2.28. The van der Waals surface area contributed by atoms with Gasteiger partial charge in [0.2, 0.25) is 0 Å². The maximum Gasteiger partial charge on any atom is 0.573 e. The van der Waals surface area contributed by atoms with E-state index in [9.17, 15) is 23.1 Å². The average molecular weight is 428 g/mol. The van der Waals surface area contributed by atoms with Crippen LogP contribution >= 0.6 is 15.9 Å². The number of rotatable bonds is 4. The van der Waals surface area contributed by atoms with Crippen molar-refractivity contribution in [2.45, 2.75) is 6.36 Å². The van der Waals surface area contributed by atoms with Crippen molar-refractivity contribution in [3.63, 3.8) is 0 Å². The summed E-state index contributed by atoms with van der Waals surface area (Å²) in [6.07, 6.45) is -1.88. The van der Waals surface area contributed by atoms with Crippen LogP contribution in [0.4, 0.5) is 13.2 Å². The SMILES string of the molecule is O=C(O)c1cc(-c2cc(Br)cc(OC(F)(F)F)c2)n(-c2ccncc2)n1. The van der Waals surface area contributed by atoms with Crippen molar-refractivity contribution in [2.75, 3.05) is 0 Å². The predicted molar refractivity (Wildman–Crippen MR) is 88.1 cm³/mol. The molecule has 0 saturated heterocycles. The molecule has 1 N–H and O–H groups in total. The first-order valence-corrected chi connectivity index (χ1v) is 7.83. The third kappa shape index (κ3) is 4.02. The highest BCUT2D eigenvalue weighted by molar-refractivity contribution is 9.10. The maximum absolute atomic E-state index is 12.5. The van der Waals surface area contributed by atoms with Gasteiger partial charge in [0.25, 0.3) is 0 Å². The van der Waals surface area contributed by atoms with Crippen molar-refractivity contribution >= 4 is 21.9 Å². The molecular formula is C16H9BrF3N3O3. The van der Waals surface area contributed by atoms with Crippen LogP contribution in [0.3, 0.4) is 0 Å². The number of carboxylic acid groups (broad SMARTS) is 1. The van der Waals surface area contributed by atoms with Gasteiger partial charge in [0.1, 0.15) is 5.75 Å². The molecule has 0 fully saturated rings. The highest BCUT2D eigenvalue weighted by Crippen LogP contribution is 2.33. The van der Waals surface area contributed by atoms with Crippen molar-refractivity contribution in [3.8, 4) is 22.7 Å². The number of pyridine rings is 1. The quantitative estimate of drug-likeness (QED) is 0.671. The van der Waals surface area contributed by atoms with Gasteiger partial charge >= 0.3 is 12.3 Å². The Balaban J connectivity index is 2.16. The van der Waals surface area contributed by atoms with Gasteiger partial charge in [-0.25, -0.2) is 9.48 Å². The van der Waals surface area contributed by atoms with Crippen LogP contribution in [0.5, 0.6) is 5.75 Å². The van der Waals surface area contributed by atoms with Crippen LogP contribution in [0.25, 0.3) is 16.9 Å². The number of carbonyl (C=O) groups is 1. The second-order valence-electron chi connectivity index (χ2n) is 5.06. The molecule has 0 spiro atoms. The summed E-state index contributed by atoms with van der Waals surface area (Å²) in [4.78, 5) is 15.2. The number of hydrogen-bond acceptors (Lipinski definition) is 4. The monoisotopic (exact) mass is 427 g/mol. The molecule has 0 aliphatic carbocycles. The van der Waals surface area contributed by atoms with Crippen LogP contribution in [-0.4, -0.2) is 32.2 Å². The zero-order valence-electron chi connectivity index (χ0n) is 12.7. The Morgan fingerprint density at radius 2 is 1.85 bits per heavy atom. The summed E-state index contributed by atoms with van der Waals surface area (Å²) >= 11 is 3.13. The number of aromatic carboxylic acids is 1. The molecule has 0 aliphatic rings. The summed E-state index contributed by atoms with van der Waals surface area (Å²) in [6.45, 7) is 0.